The predicted molar refractivity (Wildman–Crippen MR) is 97.5 cm³/mol. The van der Waals surface area contributed by atoms with Gasteiger partial charge in [0.05, 0.1) is 11.2 Å². The zero-order valence-electron chi connectivity index (χ0n) is 12.9. The van der Waals surface area contributed by atoms with E-state index in [1.165, 1.54) is 24.6 Å². The van der Waals surface area contributed by atoms with Gasteiger partial charge in [-0.05, 0) is 31.5 Å². The van der Waals surface area contributed by atoms with Crippen molar-refractivity contribution in [1.29, 1.82) is 0 Å². The average Bonchev–Trinajstić information content (AvgIpc) is 2.46. The van der Waals surface area contributed by atoms with Crippen LogP contribution in [0.25, 0.3) is 10.9 Å². The number of pyridine rings is 1. The number of rotatable bonds is 8. The summed E-state index contributed by atoms with van der Waals surface area (Å²) >= 11 is 0. The van der Waals surface area contributed by atoms with Crippen LogP contribution in [-0.4, -0.2) is 24.1 Å². The van der Waals surface area contributed by atoms with Crippen molar-refractivity contribution < 1.29 is 0 Å². The number of nitrogens with zero attached hydrogens (tertiary/aromatic N) is 1. The minimum atomic E-state index is 0. The van der Waals surface area contributed by atoms with E-state index >= 15 is 0 Å². The summed E-state index contributed by atoms with van der Waals surface area (Å²) in [5.41, 5.74) is 2.21. The van der Waals surface area contributed by atoms with Gasteiger partial charge in [0.1, 0.15) is 0 Å². The van der Waals surface area contributed by atoms with Crippen LogP contribution in [0, 0.1) is 0 Å². The predicted octanol–water partition coefficient (Wildman–Crippen LogP) is 4.39. The number of hydrogen-bond donors (Lipinski definition) is 2. The van der Waals surface area contributed by atoms with E-state index in [9.17, 15) is 0 Å². The maximum Gasteiger partial charge on any atom is 0.0933 e. The number of halogens is 1. The van der Waals surface area contributed by atoms with Gasteiger partial charge in [-0.1, -0.05) is 38.5 Å². The van der Waals surface area contributed by atoms with Crippen LogP contribution in [0.3, 0.4) is 0 Å². The monoisotopic (exact) mass is 351 g/mol. The molecule has 0 aliphatic heterocycles. The molecule has 4 heteroatoms. The van der Waals surface area contributed by atoms with Crippen LogP contribution in [-0.2, 0) is 0 Å². The fourth-order valence-electron chi connectivity index (χ4n) is 2.29. The van der Waals surface area contributed by atoms with Crippen molar-refractivity contribution in [2.75, 3.05) is 18.4 Å². The molecule has 0 saturated carbocycles. The molecule has 0 spiro atoms. The molecule has 0 fully saturated rings. The van der Waals surface area contributed by atoms with E-state index in [2.05, 4.69) is 53.7 Å². The van der Waals surface area contributed by atoms with E-state index in [1.54, 1.807) is 0 Å². The molecule has 0 atom stereocenters. The number of anilines is 1. The SMILES string of the molecule is Br.CC(C)NCCCCCNc1cccc2cccnc12. The second-order valence-corrected chi connectivity index (χ2v) is 5.48. The van der Waals surface area contributed by atoms with Crippen molar-refractivity contribution in [3.63, 3.8) is 0 Å². The zero-order chi connectivity index (χ0) is 14.2. The summed E-state index contributed by atoms with van der Waals surface area (Å²) in [4.78, 5) is 4.46. The Kier molecular flexibility index (Phi) is 8.31. The number of para-hydroxylation sites is 1. The molecule has 2 N–H and O–H groups in total. The Hall–Kier alpha value is -1.13. The van der Waals surface area contributed by atoms with Gasteiger partial charge in [0.25, 0.3) is 0 Å². The van der Waals surface area contributed by atoms with Gasteiger partial charge in [-0.2, -0.15) is 0 Å². The third kappa shape index (κ3) is 6.02. The first kappa shape index (κ1) is 17.9. The first-order valence-corrected chi connectivity index (χ1v) is 7.58. The van der Waals surface area contributed by atoms with Gasteiger partial charge in [0.15, 0.2) is 0 Å². The van der Waals surface area contributed by atoms with Crippen molar-refractivity contribution in [3.8, 4) is 0 Å². The molecule has 3 nitrogen and oxygen atoms in total. The van der Waals surface area contributed by atoms with E-state index in [1.807, 2.05) is 12.3 Å². The largest absolute Gasteiger partial charge is 0.383 e. The number of unbranched alkanes of at least 4 members (excludes halogenated alkanes) is 2. The molecule has 0 saturated heterocycles. The van der Waals surface area contributed by atoms with Crippen LogP contribution in [0.5, 0.6) is 0 Å². The summed E-state index contributed by atoms with van der Waals surface area (Å²) in [6.07, 6.45) is 5.55. The number of aromatic nitrogens is 1. The minimum absolute atomic E-state index is 0. The smallest absolute Gasteiger partial charge is 0.0933 e. The molecule has 0 aliphatic rings. The summed E-state index contributed by atoms with van der Waals surface area (Å²) in [5.74, 6) is 0. The molecule has 1 aromatic carbocycles. The standard InChI is InChI=1S/C17H25N3.BrH/c1-14(2)18-11-4-3-5-12-19-16-10-6-8-15-9-7-13-20-17(15)16;/h6-10,13-14,18-19H,3-5,11-12H2,1-2H3;1H. The van der Waals surface area contributed by atoms with E-state index in [0.717, 1.165) is 24.3 Å². The molecular weight excluding hydrogens is 326 g/mol. The van der Waals surface area contributed by atoms with Gasteiger partial charge in [-0.15, -0.1) is 17.0 Å². The highest BCUT2D eigenvalue weighted by Gasteiger charge is 2.00. The van der Waals surface area contributed by atoms with E-state index < -0.39 is 0 Å². The van der Waals surface area contributed by atoms with Gasteiger partial charge in [-0.3, -0.25) is 4.98 Å². The maximum absolute atomic E-state index is 4.46. The topological polar surface area (TPSA) is 37.0 Å². The second kappa shape index (κ2) is 9.74. The van der Waals surface area contributed by atoms with Crippen LogP contribution >= 0.6 is 17.0 Å². The molecule has 0 radical (unpaired) electrons. The summed E-state index contributed by atoms with van der Waals surface area (Å²) in [6.45, 7) is 6.51. The average molecular weight is 352 g/mol. The zero-order valence-corrected chi connectivity index (χ0v) is 14.6. The summed E-state index contributed by atoms with van der Waals surface area (Å²) in [6, 6.07) is 11.0. The van der Waals surface area contributed by atoms with Gasteiger partial charge in [0.2, 0.25) is 0 Å². The van der Waals surface area contributed by atoms with Gasteiger partial charge >= 0.3 is 0 Å². The van der Waals surface area contributed by atoms with Gasteiger partial charge in [-0.25, -0.2) is 0 Å². The molecule has 1 aromatic heterocycles. The van der Waals surface area contributed by atoms with Crippen molar-refractivity contribution in [2.45, 2.75) is 39.2 Å². The summed E-state index contributed by atoms with van der Waals surface area (Å²) < 4.78 is 0. The minimum Gasteiger partial charge on any atom is -0.383 e. The Labute approximate surface area is 138 Å². The number of nitrogens with one attached hydrogen (secondary N) is 2. The quantitative estimate of drug-likeness (QED) is 0.692. The summed E-state index contributed by atoms with van der Waals surface area (Å²) in [5, 5.41) is 8.15. The van der Waals surface area contributed by atoms with Gasteiger partial charge in [0, 0.05) is 24.2 Å². The normalized spacial score (nSPS) is 10.6. The van der Waals surface area contributed by atoms with E-state index in [-0.39, 0.29) is 17.0 Å². The van der Waals surface area contributed by atoms with E-state index in [0.29, 0.717) is 6.04 Å². The molecule has 0 amide bonds. The van der Waals surface area contributed by atoms with Crippen molar-refractivity contribution in [1.82, 2.24) is 10.3 Å². The number of benzene rings is 1. The molecule has 1 heterocycles. The fourth-order valence-corrected chi connectivity index (χ4v) is 2.29. The third-order valence-corrected chi connectivity index (χ3v) is 3.35. The molecule has 2 aromatic rings. The summed E-state index contributed by atoms with van der Waals surface area (Å²) in [7, 11) is 0. The highest BCUT2D eigenvalue weighted by atomic mass is 79.9. The fraction of sp³-hybridized carbons (Fsp3) is 0.471. The Morgan fingerprint density at radius 3 is 2.57 bits per heavy atom. The lowest BCUT2D eigenvalue weighted by Gasteiger charge is -2.10. The molecular formula is C17H26BrN3. The lowest BCUT2D eigenvalue weighted by Crippen LogP contribution is -2.23. The Morgan fingerprint density at radius 1 is 1.00 bits per heavy atom. The Balaban J connectivity index is 0.00000220. The van der Waals surface area contributed by atoms with Crippen LogP contribution in [0.4, 0.5) is 5.69 Å². The highest BCUT2D eigenvalue weighted by Crippen LogP contribution is 2.20. The lowest BCUT2D eigenvalue weighted by atomic mass is 10.2. The molecule has 116 valence electrons. The van der Waals surface area contributed by atoms with Crippen molar-refractivity contribution >= 4 is 33.6 Å². The lowest BCUT2D eigenvalue weighted by molar-refractivity contribution is 0.552. The highest BCUT2D eigenvalue weighted by molar-refractivity contribution is 8.93. The first-order valence-electron chi connectivity index (χ1n) is 7.58. The second-order valence-electron chi connectivity index (χ2n) is 5.48. The van der Waals surface area contributed by atoms with Crippen LogP contribution in [0.15, 0.2) is 36.5 Å². The first-order chi connectivity index (χ1) is 9.77. The molecule has 21 heavy (non-hydrogen) atoms. The molecule has 0 unspecified atom stereocenters. The van der Waals surface area contributed by atoms with Gasteiger partial charge < -0.3 is 10.6 Å². The van der Waals surface area contributed by atoms with Crippen molar-refractivity contribution in [2.24, 2.45) is 0 Å². The van der Waals surface area contributed by atoms with Crippen molar-refractivity contribution in [3.05, 3.63) is 36.5 Å². The van der Waals surface area contributed by atoms with Crippen LogP contribution in [0.1, 0.15) is 33.1 Å². The third-order valence-electron chi connectivity index (χ3n) is 3.35. The van der Waals surface area contributed by atoms with Crippen LogP contribution in [0.2, 0.25) is 0 Å². The molecule has 0 aliphatic carbocycles. The molecule has 0 bridgehead atoms. The van der Waals surface area contributed by atoms with Crippen LogP contribution < -0.4 is 10.6 Å². The number of hydrogen-bond acceptors (Lipinski definition) is 3. The van der Waals surface area contributed by atoms with E-state index in [4.69, 9.17) is 0 Å². The Morgan fingerprint density at radius 2 is 1.76 bits per heavy atom. The number of fused-ring (bicyclic) bond motifs is 1. The molecule has 2 rings (SSSR count). The maximum atomic E-state index is 4.46. The Bertz CT molecular complexity index is 523.